The van der Waals surface area contributed by atoms with Crippen molar-refractivity contribution >= 4 is 81.4 Å². The van der Waals surface area contributed by atoms with E-state index in [0.717, 1.165) is 88.6 Å². The summed E-state index contributed by atoms with van der Waals surface area (Å²) in [6.45, 7) is 6.43. The summed E-state index contributed by atoms with van der Waals surface area (Å²) in [7, 11) is -0.981. The molecule has 0 amide bonds. The number of H-pyrrole nitrogens is 3. The highest BCUT2D eigenvalue weighted by molar-refractivity contribution is 7.71. The van der Waals surface area contributed by atoms with Crippen molar-refractivity contribution in [1.29, 1.82) is 0 Å². The number of aromatic nitrogens is 6. The van der Waals surface area contributed by atoms with Gasteiger partial charge < -0.3 is 56.5 Å². The third-order valence-electron chi connectivity index (χ3n) is 13.8. The Labute approximate surface area is 418 Å². The van der Waals surface area contributed by atoms with E-state index in [2.05, 4.69) is 46.0 Å². The van der Waals surface area contributed by atoms with Crippen LogP contribution in [-0.2, 0) is 19.3 Å². The van der Waals surface area contributed by atoms with E-state index in [1.807, 2.05) is 0 Å². The van der Waals surface area contributed by atoms with Gasteiger partial charge in [0, 0.05) is 25.7 Å². The Morgan fingerprint density at radius 1 is 0.576 bits per heavy atom. The summed E-state index contributed by atoms with van der Waals surface area (Å²) in [6, 6.07) is 0. The second kappa shape index (κ2) is 30.4. The van der Waals surface area contributed by atoms with Gasteiger partial charge in [0.1, 0.15) is 23.3 Å². The Balaban J connectivity index is 0.000000300. The standard InChI is InChI=1S/C11H20BN3O2S.C10H22BN3O2.2C10H17N3OS.2ClH/c1-12(16)13-8-11(5-3-2-4-6-11)7-9-14-10(18)17-15-9;1-11(15)13-8-10(7-9(12)14-16)5-3-2-4-6-10;2*11-7-10(4-2-1-3-5-10)6-8-12-9(15)14-13-8;;/h13,16H,2-8H2,1H3,(H,14,15,18);13,15-16H,2-8H2,1H3,(H2,12,14);2*1-7,11H2,(H,12,13,15);2*1H. The first-order valence-electron chi connectivity index (χ1n) is 23.5. The summed E-state index contributed by atoms with van der Waals surface area (Å²) in [5, 5.41) is 44.9. The molecule has 25 heteroatoms. The van der Waals surface area contributed by atoms with Gasteiger partial charge in [-0.3, -0.25) is 0 Å². The third-order valence-corrected chi connectivity index (χ3v) is 14.4. The first-order valence-corrected chi connectivity index (χ1v) is 24.7. The molecule has 4 saturated carbocycles. The van der Waals surface area contributed by atoms with E-state index >= 15 is 0 Å². The van der Waals surface area contributed by atoms with Crippen LogP contribution < -0.4 is 27.7 Å². The van der Waals surface area contributed by atoms with Crippen LogP contribution in [0.25, 0.3) is 0 Å². The van der Waals surface area contributed by atoms with Crippen molar-refractivity contribution in [2.45, 2.75) is 168 Å². The van der Waals surface area contributed by atoms with Crippen LogP contribution >= 0.6 is 61.5 Å². The lowest BCUT2D eigenvalue weighted by Crippen LogP contribution is -2.44. The number of oxime groups is 1. The molecule has 3 aromatic heterocycles. The van der Waals surface area contributed by atoms with Crippen LogP contribution in [0.1, 0.15) is 152 Å². The van der Waals surface area contributed by atoms with Gasteiger partial charge in [0.2, 0.25) is 0 Å². The lowest BCUT2D eigenvalue weighted by Gasteiger charge is -2.37. The molecule has 376 valence electrons. The highest BCUT2D eigenvalue weighted by Crippen LogP contribution is 2.41. The number of rotatable bonds is 16. The molecule has 0 atom stereocenters. The summed E-state index contributed by atoms with van der Waals surface area (Å²) in [4.78, 5) is 13.3. The Kier molecular flexibility index (Phi) is 27.6. The predicted octanol–water partition coefficient (Wildman–Crippen LogP) is 7.91. The van der Waals surface area contributed by atoms with Crippen molar-refractivity contribution in [2.24, 2.45) is 44.0 Å². The highest BCUT2D eigenvalue weighted by atomic mass is 35.5. The van der Waals surface area contributed by atoms with Crippen LogP contribution in [0, 0.1) is 36.2 Å². The van der Waals surface area contributed by atoms with Gasteiger partial charge in [-0.25, -0.2) is 15.5 Å². The molecule has 7 rings (SSSR count). The molecule has 4 fully saturated rings. The van der Waals surface area contributed by atoms with E-state index < -0.39 is 14.1 Å². The molecule has 3 aromatic rings. The molecule has 66 heavy (non-hydrogen) atoms. The second-order valence-electron chi connectivity index (χ2n) is 19.1. The smallest absolute Gasteiger partial charge is 0.373 e. The molecule has 0 saturated heterocycles. The van der Waals surface area contributed by atoms with Crippen molar-refractivity contribution in [3.8, 4) is 0 Å². The second-order valence-corrected chi connectivity index (χ2v) is 20.2. The van der Waals surface area contributed by atoms with E-state index in [-0.39, 0.29) is 66.8 Å². The monoisotopic (exact) mass is 1020 g/mol. The molecule has 4 aliphatic rings. The van der Waals surface area contributed by atoms with Crippen molar-refractivity contribution < 1.29 is 28.8 Å². The number of amidine groups is 1. The molecule has 18 nitrogen and oxygen atoms in total. The SMILES string of the molecule is CB(O)NCC1(CC(N)=NO)CCCCC1.CB(O)NCC1(Cc2nc(=S)o[nH]2)CCCCC1.Cl.Cl.NCC1(Cc2nc(=S)o[nH]2)CCCCC1.NCC1(Cc2nc(=S)o[nH]2)CCCCC1. The van der Waals surface area contributed by atoms with Crippen molar-refractivity contribution in [3.05, 3.63) is 32.0 Å². The van der Waals surface area contributed by atoms with Crippen molar-refractivity contribution in [1.82, 2.24) is 40.9 Å². The van der Waals surface area contributed by atoms with Gasteiger partial charge in [0.05, 0.1) is 0 Å². The Hall–Kier alpha value is -2.18. The molecule has 3 heterocycles. The maximum Gasteiger partial charge on any atom is 0.373 e. The number of hydrogen-bond acceptors (Lipinski definition) is 17. The molecule has 0 unspecified atom stereocenters. The van der Waals surface area contributed by atoms with Crippen LogP contribution in [0.5, 0.6) is 0 Å². The van der Waals surface area contributed by atoms with Crippen LogP contribution in [-0.4, -0.2) is 91.8 Å². The van der Waals surface area contributed by atoms with Gasteiger partial charge >= 0.3 is 28.6 Å². The number of aromatic amines is 3. The van der Waals surface area contributed by atoms with Crippen LogP contribution in [0.4, 0.5) is 0 Å². The van der Waals surface area contributed by atoms with E-state index in [9.17, 15) is 10.0 Å². The fourth-order valence-corrected chi connectivity index (χ4v) is 10.6. The first-order chi connectivity index (χ1) is 30.7. The Bertz CT molecular complexity index is 1880. The lowest BCUT2D eigenvalue weighted by atomic mass is 9.70. The normalized spacial score (nSPS) is 19.4. The van der Waals surface area contributed by atoms with Gasteiger partial charge in [-0.05, 0) is 150 Å². The van der Waals surface area contributed by atoms with E-state index in [0.29, 0.717) is 6.42 Å². The van der Waals surface area contributed by atoms with Gasteiger partial charge in [0.15, 0.2) is 0 Å². The summed E-state index contributed by atoms with van der Waals surface area (Å²) in [6.07, 6.45) is 27.5. The molecule has 4 aliphatic carbocycles. The topological polar surface area (TPSA) is 301 Å². The van der Waals surface area contributed by atoms with Gasteiger partial charge in [0.25, 0.3) is 0 Å². The van der Waals surface area contributed by atoms with Crippen molar-refractivity contribution in [2.75, 3.05) is 26.2 Å². The third kappa shape index (κ3) is 20.8. The predicted molar refractivity (Wildman–Crippen MR) is 273 cm³/mol. The molecular weight excluding hydrogens is 945 g/mol. The number of halogens is 2. The quantitative estimate of drug-likeness (QED) is 0.0162. The van der Waals surface area contributed by atoms with Crippen LogP contribution in [0.3, 0.4) is 0 Å². The highest BCUT2D eigenvalue weighted by Gasteiger charge is 2.36. The number of nitrogens with zero attached hydrogens (tertiary/aromatic N) is 4. The lowest BCUT2D eigenvalue weighted by molar-refractivity contribution is 0.183. The van der Waals surface area contributed by atoms with Crippen molar-refractivity contribution in [3.63, 3.8) is 0 Å². The molecule has 14 N–H and O–H groups in total. The number of hydrogen-bond donors (Lipinski definition) is 11. The summed E-state index contributed by atoms with van der Waals surface area (Å²) < 4.78 is 14.9. The average Bonchev–Trinajstić information content (AvgIpc) is 4.03. The minimum Gasteiger partial charge on any atom is -0.437 e. The van der Waals surface area contributed by atoms with E-state index in [4.69, 9.17) is 72.6 Å². The van der Waals surface area contributed by atoms with Crippen LogP contribution in [0.2, 0.25) is 13.6 Å². The Morgan fingerprint density at radius 2 is 0.864 bits per heavy atom. The van der Waals surface area contributed by atoms with Crippen LogP contribution in [0.15, 0.2) is 18.7 Å². The fraction of sp³-hybridized carbons (Fsp3) is 0.829. The summed E-state index contributed by atoms with van der Waals surface area (Å²) in [5.41, 5.74) is 18.0. The zero-order chi connectivity index (χ0) is 46.5. The molecule has 0 bridgehead atoms. The van der Waals surface area contributed by atoms with Gasteiger partial charge in [-0.1, -0.05) is 82.2 Å². The molecular formula is C41H78B2Cl2N12O6S3. The average molecular weight is 1020 g/mol. The van der Waals surface area contributed by atoms with Gasteiger partial charge in [-0.15, -0.1) is 24.8 Å². The molecule has 0 aliphatic heterocycles. The van der Waals surface area contributed by atoms with Gasteiger partial charge in [-0.2, -0.15) is 15.0 Å². The Morgan fingerprint density at radius 3 is 1.14 bits per heavy atom. The van der Waals surface area contributed by atoms with E-state index in [1.165, 1.54) is 103 Å². The number of nitrogens with one attached hydrogen (secondary N) is 5. The molecule has 0 spiro atoms. The minimum atomic E-state index is -0.508. The molecule has 0 aromatic carbocycles. The zero-order valence-corrected chi connectivity index (χ0v) is 43.2. The summed E-state index contributed by atoms with van der Waals surface area (Å²) in [5.74, 6) is 2.78. The summed E-state index contributed by atoms with van der Waals surface area (Å²) >= 11 is 14.5. The zero-order valence-electron chi connectivity index (χ0n) is 39.1. The maximum atomic E-state index is 9.40. The maximum absolute atomic E-state index is 9.40. The first kappa shape index (κ1) is 59.9. The fourth-order valence-electron chi connectivity index (χ4n) is 10.2. The largest absolute Gasteiger partial charge is 0.437 e. The minimum absolute atomic E-state index is 0. The number of nitrogens with two attached hydrogens (primary N) is 3. The van der Waals surface area contributed by atoms with E-state index in [1.54, 1.807) is 13.6 Å². The molecule has 0 radical (unpaired) electrons.